The summed E-state index contributed by atoms with van der Waals surface area (Å²) in [5, 5.41) is 10.9. The van der Waals surface area contributed by atoms with Crippen molar-refractivity contribution in [3.63, 3.8) is 0 Å². The summed E-state index contributed by atoms with van der Waals surface area (Å²) in [5.74, 6) is -3.84. The number of nitrogens with one attached hydrogen (secondary N) is 1. The van der Waals surface area contributed by atoms with E-state index in [1.54, 1.807) is 0 Å². The highest BCUT2D eigenvalue weighted by molar-refractivity contribution is 5.72. The van der Waals surface area contributed by atoms with Crippen LogP contribution in [-0.4, -0.2) is 29.1 Å². The maximum Gasteiger partial charge on any atom is 0.320 e. The van der Waals surface area contributed by atoms with Gasteiger partial charge < -0.3 is 5.11 Å². The SMILES string of the molecule is CC(NC1CCCC1(F)F)C(=O)O. The number of alkyl halides is 2. The van der Waals surface area contributed by atoms with Gasteiger partial charge in [-0.1, -0.05) is 0 Å². The van der Waals surface area contributed by atoms with E-state index in [0.717, 1.165) is 0 Å². The maximum atomic E-state index is 13.0. The lowest BCUT2D eigenvalue weighted by Crippen LogP contribution is -2.47. The third-order valence-electron chi connectivity index (χ3n) is 2.33. The van der Waals surface area contributed by atoms with Gasteiger partial charge in [0.05, 0.1) is 6.04 Å². The normalized spacial score (nSPS) is 28.7. The highest BCUT2D eigenvalue weighted by atomic mass is 19.3. The van der Waals surface area contributed by atoms with Gasteiger partial charge >= 0.3 is 5.97 Å². The van der Waals surface area contributed by atoms with Crippen LogP contribution in [0, 0.1) is 0 Å². The number of hydrogen-bond acceptors (Lipinski definition) is 2. The summed E-state index contributed by atoms with van der Waals surface area (Å²) >= 11 is 0. The molecule has 0 spiro atoms. The van der Waals surface area contributed by atoms with Crippen molar-refractivity contribution < 1.29 is 18.7 Å². The molecule has 0 amide bonds. The van der Waals surface area contributed by atoms with Crippen LogP contribution >= 0.6 is 0 Å². The Balaban J connectivity index is 2.49. The molecule has 0 saturated heterocycles. The van der Waals surface area contributed by atoms with E-state index in [1.165, 1.54) is 6.92 Å². The van der Waals surface area contributed by atoms with Crippen molar-refractivity contribution in [1.29, 1.82) is 0 Å². The summed E-state index contributed by atoms with van der Waals surface area (Å²) < 4.78 is 26.0. The fourth-order valence-electron chi connectivity index (χ4n) is 1.51. The Kier molecular flexibility index (Phi) is 2.85. The van der Waals surface area contributed by atoms with Gasteiger partial charge in [0.2, 0.25) is 0 Å². The molecule has 1 fully saturated rings. The molecule has 3 nitrogen and oxygen atoms in total. The molecular weight excluding hydrogens is 180 g/mol. The fraction of sp³-hybridized carbons (Fsp3) is 0.875. The average Bonchev–Trinajstić information content (AvgIpc) is 2.30. The van der Waals surface area contributed by atoms with Crippen molar-refractivity contribution in [2.45, 2.75) is 44.2 Å². The zero-order chi connectivity index (χ0) is 10.1. The zero-order valence-corrected chi connectivity index (χ0v) is 7.39. The number of halogens is 2. The lowest BCUT2D eigenvalue weighted by molar-refractivity contribution is -0.139. The lowest BCUT2D eigenvalue weighted by Gasteiger charge is -2.22. The van der Waals surface area contributed by atoms with Crippen LogP contribution in [0.15, 0.2) is 0 Å². The van der Waals surface area contributed by atoms with Gasteiger partial charge in [-0.25, -0.2) is 8.78 Å². The zero-order valence-electron chi connectivity index (χ0n) is 7.39. The lowest BCUT2D eigenvalue weighted by atomic mass is 10.1. The molecule has 2 N–H and O–H groups in total. The van der Waals surface area contributed by atoms with E-state index in [1.807, 2.05) is 0 Å². The first-order chi connectivity index (χ1) is 5.93. The molecular formula is C8H13F2NO2. The first kappa shape index (κ1) is 10.4. The molecule has 1 aliphatic carbocycles. The highest BCUT2D eigenvalue weighted by Crippen LogP contribution is 2.35. The Hall–Kier alpha value is -0.710. The molecule has 0 aromatic carbocycles. The largest absolute Gasteiger partial charge is 0.480 e. The van der Waals surface area contributed by atoms with Crippen molar-refractivity contribution in [1.82, 2.24) is 5.32 Å². The topological polar surface area (TPSA) is 49.3 Å². The molecule has 0 radical (unpaired) electrons. The van der Waals surface area contributed by atoms with Crippen LogP contribution in [0.3, 0.4) is 0 Å². The van der Waals surface area contributed by atoms with E-state index in [0.29, 0.717) is 12.8 Å². The van der Waals surface area contributed by atoms with E-state index in [4.69, 9.17) is 5.11 Å². The van der Waals surface area contributed by atoms with Crippen LogP contribution in [0.1, 0.15) is 26.2 Å². The van der Waals surface area contributed by atoms with Crippen molar-refractivity contribution in [2.24, 2.45) is 0 Å². The number of aliphatic carboxylic acids is 1. The number of rotatable bonds is 3. The van der Waals surface area contributed by atoms with Gasteiger partial charge in [0.1, 0.15) is 6.04 Å². The second-order valence-electron chi connectivity index (χ2n) is 3.43. The highest BCUT2D eigenvalue weighted by Gasteiger charge is 2.44. The monoisotopic (exact) mass is 193 g/mol. The molecule has 5 heteroatoms. The quantitative estimate of drug-likeness (QED) is 0.708. The van der Waals surface area contributed by atoms with Crippen LogP contribution in [-0.2, 0) is 4.79 Å². The second-order valence-corrected chi connectivity index (χ2v) is 3.43. The van der Waals surface area contributed by atoms with Gasteiger partial charge in [-0.2, -0.15) is 0 Å². The minimum absolute atomic E-state index is 0.142. The minimum Gasteiger partial charge on any atom is -0.480 e. The van der Waals surface area contributed by atoms with Crippen molar-refractivity contribution in [3.05, 3.63) is 0 Å². The standard InChI is InChI=1S/C8H13F2NO2/c1-5(7(12)13)11-6-3-2-4-8(6,9)10/h5-6,11H,2-4H2,1H3,(H,12,13). The van der Waals surface area contributed by atoms with Crippen molar-refractivity contribution >= 4 is 5.97 Å². The molecule has 0 aliphatic heterocycles. The Morgan fingerprint density at radius 2 is 2.31 bits per heavy atom. The average molecular weight is 193 g/mol. The first-order valence-corrected chi connectivity index (χ1v) is 4.30. The number of carboxylic acids is 1. The maximum absolute atomic E-state index is 13.0. The van der Waals surface area contributed by atoms with Gasteiger partial charge in [0, 0.05) is 6.42 Å². The Labute approximate surface area is 75.1 Å². The molecule has 13 heavy (non-hydrogen) atoms. The summed E-state index contributed by atoms with van der Waals surface area (Å²) in [6.07, 6.45) is 0.665. The minimum atomic E-state index is -2.75. The Morgan fingerprint density at radius 3 is 2.69 bits per heavy atom. The molecule has 1 saturated carbocycles. The van der Waals surface area contributed by atoms with E-state index >= 15 is 0 Å². The molecule has 1 aliphatic rings. The summed E-state index contributed by atoms with van der Waals surface area (Å²) in [5.41, 5.74) is 0. The van der Waals surface area contributed by atoms with Gasteiger partial charge in [0.25, 0.3) is 5.92 Å². The fourth-order valence-corrected chi connectivity index (χ4v) is 1.51. The summed E-state index contributed by atoms with van der Waals surface area (Å²) in [6, 6.07) is -1.88. The Morgan fingerprint density at radius 1 is 1.69 bits per heavy atom. The van der Waals surface area contributed by atoms with Crippen LogP contribution in [0.2, 0.25) is 0 Å². The van der Waals surface area contributed by atoms with Gasteiger partial charge in [-0.3, -0.25) is 10.1 Å². The first-order valence-electron chi connectivity index (χ1n) is 4.30. The molecule has 0 heterocycles. The Bertz CT molecular complexity index is 208. The van der Waals surface area contributed by atoms with E-state index in [-0.39, 0.29) is 6.42 Å². The summed E-state index contributed by atoms with van der Waals surface area (Å²) in [6.45, 7) is 1.37. The molecule has 0 aromatic heterocycles. The number of carboxylic acid groups (broad SMARTS) is 1. The van der Waals surface area contributed by atoms with E-state index < -0.39 is 24.0 Å². The molecule has 2 atom stereocenters. The van der Waals surface area contributed by atoms with Crippen LogP contribution in [0.25, 0.3) is 0 Å². The van der Waals surface area contributed by atoms with E-state index in [2.05, 4.69) is 5.32 Å². The molecule has 1 rings (SSSR count). The number of hydrogen-bond donors (Lipinski definition) is 2. The van der Waals surface area contributed by atoms with Crippen LogP contribution in [0.5, 0.6) is 0 Å². The molecule has 0 bridgehead atoms. The van der Waals surface area contributed by atoms with Crippen LogP contribution in [0.4, 0.5) is 8.78 Å². The molecule has 2 unspecified atom stereocenters. The number of carbonyl (C=O) groups is 1. The van der Waals surface area contributed by atoms with E-state index in [9.17, 15) is 13.6 Å². The third kappa shape index (κ3) is 2.37. The summed E-state index contributed by atoms with van der Waals surface area (Å²) in [7, 11) is 0. The van der Waals surface area contributed by atoms with Crippen LogP contribution < -0.4 is 5.32 Å². The third-order valence-corrected chi connectivity index (χ3v) is 2.33. The smallest absolute Gasteiger partial charge is 0.320 e. The van der Waals surface area contributed by atoms with Gasteiger partial charge in [-0.05, 0) is 19.8 Å². The van der Waals surface area contributed by atoms with Gasteiger partial charge in [0.15, 0.2) is 0 Å². The summed E-state index contributed by atoms with van der Waals surface area (Å²) in [4.78, 5) is 10.4. The van der Waals surface area contributed by atoms with Gasteiger partial charge in [-0.15, -0.1) is 0 Å². The molecule has 0 aromatic rings. The predicted molar refractivity (Wildman–Crippen MR) is 42.8 cm³/mol. The molecule has 76 valence electrons. The van der Waals surface area contributed by atoms with Crippen molar-refractivity contribution in [2.75, 3.05) is 0 Å². The second kappa shape index (κ2) is 3.57. The van der Waals surface area contributed by atoms with Crippen molar-refractivity contribution in [3.8, 4) is 0 Å². The predicted octanol–water partition coefficient (Wildman–Crippen LogP) is 1.24.